The van der Waals surface area contributed by atoms with Crippen LogP contribution in [0.4, 0.5) is 0 Å². The van der Waals surface area contributed by atoms with Crippen molar-refractivity contribution in [2.24, 2.45) is 5.92 Å². The van der Waals surface area contributed by atoms with E-state index in [2.05, 4.69) is 19.1 Å². The Kier molecular flexibility index (Phi) is 4.11. The highest BCUT2D eigenvalue weighted by atomic mass is 16.5. The van der Waals surface area contributed by atoms with E-state index in [1.807, 2.05) is 6.08 Å². The molecule has 0 fully saturated rings. The molecule has 2 heteroatoms. The van der Waals surface area contributed by atoms with Crippen LogP contribution in [0, 0.1) is 17.2 Å². The molecule has 2 nitrogen and oxygen atoms in total. The molecule has 1 aliphatic heterocycles. The Morgan fingerprint density at radius 3 is 3.15 bits per heavy atom. The van der Waals surface area contributed by atoms with Gasteiger partial charge in [0.2, 0.25) is 0 Å². The van der Waals surface area contributed by atoms with E-state index in [0.29, 0.717) is 12.3 Å². The van der Waals surface area contributed by atoms with Gasteiger partial charge in [-0.15, -0.1) is 0 Å². The van der Waals surface area contributed by atoms with Crippen LogP contribution in [0.2, 0.25) is 0 Å². The maximum absolute atomic E-state index is 8.47. The molecule has 70 valence electrons. The predicted octanol–water partition coefficient (Wildman–Crippen LogP) is 2.79. The molecule has 0 aromatic rings. The predicted molar refractivity (Wildman–Crippen MR) is 51.8 cm³/mol. The molecule has 0 N–H and O–H groups in total. The van der Waals surface area contributed by atoms with Crippen LogP contribution in [-0.2, 0) is 4.74 Å². The largest absolute Gasteiger partial charge is 0.497 e. The number of hydrogen-bond acceptors (Lipinski definition) is 2. The first-order valence-electron chi connectivity index (χ1n) is 4.66. The molecule has 1 atom stereocenters. The van der Waals surface area contributed by atoms with Gasteiger partial charge in [0.1, 0.15) is 6.61 Å². The third-order valence-electron chi connectivity index (χ3n) is 2.17. The van der Waals surface area contributed by atoms with Gasteiger partial charge in [-0.25, -0.2) is 0 Å². The zero-order chi connectivity index (χ0) is 9.52. The topological polar surface area (TPSA) is 33.0 Å². The van der Waals surface area contributed by atoms with Gasteiger partial charge in [-0.3, -0.25) is 0 Å². The summed E-state index contributed by atoms with van der Waals surface area (Å²) in [6, 6.07) is 2.19. The van der Waals surface area contributed by atoms with Gasteiger partial charge in [-0.1, -0.05) is 13.0 Å². The van der Waals surface area contributed by atoms with Crippen molar-refractivity contribution in [1.29, 1.82) is 5.26 Å². The first-order valence-corrected chi connectivity index (χ1v) is 4.66. The molecule has 13 heavy (non-hydrogen) atoms. The highest BCUT2D eigenvalue weighted by molar-refractivity contribution is 5.15. The molecular weight excluding hydrogens is 162 g/mol. The SMILES string of the molecule is CC(CC#N)CCC1=CC=COC1. The van der Waals surface area contributed by atoms with E-state index >= 15 is 0 Å². The van der Waals surface area contributed by atoms with Crippen molar-refractivity contribution < 1.29 is 4.74 Å². The van der Waals surface area contributed by atoms with Crippen LogP contribution >= 0.6 is 0 Å². The van der Waals surface area contributed by atoms with E-state index in [4.69, 9.17) is 10.00 Å². The molecule has 0 saturated heterocycles. The van der Waals surface area contributed by atoms with Crippen LogP contribution < -0.4 is 0 Å². The summed E-state index contributed by atoms with van der Waals surface area (Å²) in [5, 5.41) is 8.47. The van der Waals surface area contributed by atoms with E-state index in [1.165, 1.54) is 5.57 Å². The van der Waals surface area contributed by atoms with Gasteiger partial charge in [-0.05, 0) is 30.4 Å². The fraction of sp³-hybridized carbons (Fsp3) is 0.545. The van der Waals surface area contributed by atoms with Crippen molar-refractivity contribution in [2.45, 2.75) is 26.2 Å². The summed E-state index contributed by atoms with van der Waals surface area (Å²) in [6.45, 7) is 2.83. The van der Waals surface area contributed by atoms with E-state index in [-0.39, 0.29) is 0 Å². The first kappa shape index (κ1) is 9.85. The molecule has 0 aromatic carbocycles. The first-order chi connectivity index (χ1) is 6.33. The number of hydrogen-bond donors (Lipinski definition) is 0. The smallest absolute Gasteiger partial charge is 0.109 e. The average Bonchev–Trinajstić information content (AvgIpc) is 2.17. The van der Waals surface area contributed by atoms with Crippen molar-refractivity contribution >= 4 is 0 Å². The van der Waals surface area contributed by atoms with Gasteiger partial charge in [0.25, 0.3) is 0 Å². The number of rotatable bonds is 4. The van der Waals surface area contributed by atoms with Crippen molar-refractivity contribution in [3.8, 4) is 6.07 Å². The maximum atomic E-state index is 8.47. The molecule has 0 saturated carbocycles. The van der Waals surface area contributed by atoms with E-state index in [1.54, 1.807) is 6.26 Å². The van der Waals surface area contributed by atoms with Crippen molar-refractivity contribution in [1.82, 2.24) is 0 Å². The van der Waals surface area contributed by atoms with Crippen molar-refractivity contribution in [2.75, 3.05) is 6.61 Å². The van der Waals surface area contributed by atoms with Gasteiger partial charge in [0.15, 0.2) is 0 Å². The third-order valence-corrected chi connectivity index (χ3v) is 2.17. The Morgan fingerprint density at radius 1 is 1.69 bits per heavy atom. The lowest BCUT2D eigenvalue weighted by molar-refractivity contribution is 0.270. The highest BCUT2D eigenvalue weighted by Crippen LogP contribution is 2.16. The lowest BCUT2D eigenvalue weighted by Gasteiger charge is -2.12. The quantitative estimate of drug-likeness (QED) is 0.661. The molecular formula is C11H15NO. The molecule has 1 heterocycles. The molecule has 0 spiro atoms. The summed E-state index contributed by atoms with van der Waals surface area (Å²) in [7, 11) is 0. The van der Waals surface area contributed by atoms with Gasteiger partial charge in [0, 0.05) is 6.42 Å². The summed E-state index contributed by atoms with van der Waals surface area (Å²) < 4.78 is 5.16. The molecule has 0 aromatic heterocycles. The van der Waals surface area contributed by atoms with E-state index in [9.17, 15) is 0 Å². The number of ether oxygens (including phenoxy) is 1. The van der Waals surface area contributed by atoms with Crippen molar-refractivity contribution in [3.63, 3.8) is 0 Å². The Hall–Kier alpha value is -1.23. The second kappa shape index (κ2) is 5.42. The minimum Gasteiger partial charge on any atom is -0.497 e. The van der Waals surface area contributed by atoms with Crippen LogP contribution in [0.15, 0.2) is 24.0 Å². The fourth-order valence-electron chi connectivity index (χ4n) is 1.28. The second-order valence-corrected chi connectivity index (χ2v) is 3.47. The standard InChI is InChI=1S/C11H15NO/c1-10(6-7-12)4-5-11-3-2-8-13-9-11/h2-3,8,10H,4-6,9H2,1H3. The van der Waals surface area contributed by atoms with Crippen LogP contribution in [-0.4, -0.2) is 6.61 Å². The van der Waals surface area contributed by atoms with E-state index in [0.717, 1.165) is 19.4 Å². The van der Waals surface area contributed by atoms with Crippen LogP contribution in [0.1, 0.15) is 26.2 Å². The summed E-state index contributed by atoms with van der Waals surface area (Å²) in [5.74, 6) is 0.497. The summed E-state index contributed by atoms with van der Waals surface area (Å²) >= 11 is 0. The summed E-state index contributed by atoms with van der Waals surface area (Å²) in [4.78, 5) is 0. The van der Waals surface area contributed by atoms with Gasteiger partial charge < -0.3 is 4.74 Å². The zero-order valence-corrected chi connectivity index (χ0v) is 7.99. The summed E-state index contributed by atoms with van der Waals surface area (Å²) in [6.07, 6.45) is 8.52. The molecule has 0 bridgehead atoms. The Labute approximate surface area is 79.5 Å². The lowest BCUT2D eigenvalue weighted by Crippen LogP contribution is -2.00. The zero-order valence-electron chi connectivity index (χ0n) is 7.99. The van der Waals surface area contributed by atoms with Gasteiger partial charge in [-0.2, -0.15) is 5.26 Å². The molecule has 1 unspecified atom stereocenters. The van der Waals surface area contributed by atoms with Crippen LogP contribution in [0.25, 0.3) is 0 Å². The highest BCUT2D eigenvalue weighted by Gasteiger charge is 2.04. The minimum atomic E-state index is 0.497. The molecule has 0 aliphatic carbocycles. The Morgan fingerprint density at radius 2 is 2.54 bits per heavy atom. The minimum absolute atomic E-state index is 0.497. The second-order valence-electron chi connectivity index (χ2n) is 3.47. The normalized spacial score (nSPS) is 17.1. The van der Waals surface area contributed by atoms with Crippen LogP contribution in [0.5, 0.6) is 0 Å². The molecule has 1 rings (SSSR count). The monoisotopic (exact) mass is 177 g/mol. The number of allylic oxidation sites excluding steroid dienone is 2. The molecule has 0 amide bonds. The lowest BCUT2D eigenvalue weighted by atomic mass is 9.99. The van der Waals surface area contributed by atoms with Crippen molar-refractivity contribution in [3.05, 3.63) is 24.0 Å². The number of nitrogens with zero attached hydrogens (tertiary/aromatic N) is 1. The number of nitriles is 1. The third kappa shape index (κ3) is 3.80. The fourth-order valence-corrected chi connectivity index (χ4v) is 1.28. The Bertz CT molecular complexity index is 247. The van der Waals surface area contributed by atoms with Gasteiger partial charge >= 0.3 is 0 Å². The average molecular weight is 177 g/mol. The molecule has 1 aliphatic rings. The van der Waals surface area contributed by atoms with Gasteiger partial charge in [0.05, 0.1) is 12.3 Å². The van der Waals surface area contributed by atoms with Crippen LogP contribution in [0.3, 0.4) is 0 Å². The van der Waals surface area contributed by atoms with E-state index < -0.39 is 0 Å². The maximum Gasteiger partial charge on any atom is 0.109 e. The summed E-state index contributed by atoms with van der Waals surface area (Å²) in [5.41, 5.74) is 1.33. The molecule has 0 radical (unpaired) electrons. The Balaban J connectivity index is 2.22.